The lowest BCUT2D eigenvalue weighted by Gasteiger charge is -2.34. The molecule has 1 N–H and O–H groups in total. The molecule has 1 amide bonds. The van der Waals surface area contributed by atoms with Crippen molar-refractivity contribution in [1.29, 1.82) is 0 Å². The van der Waals surface area contributed by atoms with Gasteiger partial charge in [-0.15, -0.1) is 0 Å². The quantitative estimate of drug-likeness (QED) is 0.733. The van der Waals surface area contributed by atoms with E-state index in [1.165, 1.54) is 0 Å². The number of para-hydroxylation sites is 1. The summed E-state index contributed by atoms with van der Waals surface area (Å²) in [5.74, 6) is 1.91. The highest BCUT2D eigenvalue weighted by Gasteiger charge is 2.55. The molecule has 2 fully saturated rings. The Kier molecular flexibility index (Phi) is 5.58. The summed E-state index contributed by atoms with van der Waals surface area (Å²) in [6.07, 6.45) is 5.62. The second-order valence-corrected chi connectivity index (χ2v) is 8.19. The van der Waals surface area contributed by atoms with E-state index in [1.54, 1.807) is 7.11 Å². The van der Waals surface area contributed by atoms with E-state index in [1.807, 2.05) is 24.3 Å². The molecule has 0 saturated carbocycles. The van der Waals surface area contributed by atoms with Crippen molar-refractivity contribution in [3.63, 3.8) is 0 Å². The Morgan fingerprint density at radius 1 is 1.38 bits per heavy atom. The second kappa shape index (κ2) is 8.14. The van der Waals surface area contributed by atoms with Crippen LogP contribution in [-0.2, 0) is 11.2 Å². The zero-order chi connectivity index (χ0) is 20.4. The summed E-state index contributed by atoms with van der Waals surface area (Å²) in [6.45, 7) is 2.29. The van der Waals surface area contributed by atoms with Crippen LogP contribution in [0.1, 0.15) is 51.3 Å². The molecule has 7 nitrogen and oxygen atoms in total. The predicted molar refractivity (Wildman–Crippen MR) is 107 cm³/mol. The Hall–Kier alpha value is -2.41. The van der Waals surface area contributed by atoms with Gasteiger partial charge in [0.05, 0.1) is 19.3 Å². The Balaban J connectivity index is 1.34. The monoisotopic (exact) mass is 399 g/mol. The number of aryl methyl sites for hydroxylation is 1. The van der Waals surface area contributed by atoms with E-state index in [4.69, 9.17) is 9.26 Å². The van der Waals surface area contributed by atoms with Gasteiger partial charge in [-0.2, -0.15) is 4.98 Å². The molecule has 29 heavy (non-hydrogen) atoms. The highest BCUT2D eigenvalue weighted by Crippen LogP contribution is 2.51. The van der Waals surface area contributed by atoms with Crippen LogP contribution in [0, 0.1) is 5.41 Å². The van der Waals surface area contributed by atoms with Crippen molar-refractivity contribution in [2.75, 3.05) is 13.7 Å². The summed E-state index contributed by atoms with van der Waals surface area (Å²) in [5.41, 5.74) is 0.684. The van der Waals surface area contributed by atoms with Gasteiger partial charge in [-0.25, -0.2) is 0 Å². The maximum Gasteiger partial charge on any atom is 0.226 e. The molecule has 2 aliphatic rings. The number of hydrogen-bond acceptors (Lipinski definition) is 6. The first-order chi connectivity index (χ1) is 14.1. The van der Waals surface area contributed by atoms with Crippen molar-refractivity contribution in [2.45, 2.75) is 64.0 Å². The van der Waals surface area contributed by atoms with Crippen LogP contribution in [0.4, 0.5) is 0 Å². The fourth-order valence-electron chi connectivity index (χ4n) is 5.14. The molecule has 1 aromatic heterocycles. The minimum absolute atomic E-state index is 0.102. The molecular formula is C22H29N3O4. The molecule has 0 spiro atoms. The number of hydrogen-bond donors (Lipinski definition) is 1. The minimum atomic E-state index is -0.102. The second-order valence-electron chi connectivity index (χ2n) is 8.19. The lowest BCUT2D eigenvalue weighted by atomic mass is 9.72. The third kappa shape index (κ3) is 3.52. The van der Waals surface area contributed by atoms with Crippen molar-refractivity contribution < 1.29 is 19.2 Å². The lowest BCUT2D eigenvalue weighted by molar-refractivity contribution is -0.133. The van der Waals surface area contributed by atoms with Crippen molar-refractivity contribution in [3.8, 4) is 17.1 Å². The van der Waals surface area contributed by atoms with E-state index in [9.17, 15) is 9.90 Å². The molecule has 156 valence electrons. The van der Waals surface area contributed by atoms with E-state index in [0.717, 1.165) is 31.2 Å². The van der Waals surface area contributed by atoms with Gasteiger partial charge in [0, 0.05) is 30.3 Å². The third-order valence-corrected chi connectivity index (χ3v) is 6.76. The zero-order valence-corrected chi connectivity index (χ0v) is 17.1. The highest BCUT2D eigenvalue weighted by atomic mass is 16.5. The van der Waals surface area contributed by atoms with E-state index < -0.39 is 0 Å². The van der Waals surface area contributed by atoms with Crippen LogP contribution in [-0.4, -0.2) is 51.9 Å². The number of benzene rings is 1. The number of ether oxygens (including phenoxy) is 1. The number of aliphatic hydroxyl groups excluding tert-OH is 1. The summed E-state index contributed by atoms with van der Waals surface area (Å²) >= 11 is 0. The molecule has 3 heterocycles. The molecule has 2 bridgehead atoms. The van der Waals surface area contributed by atoms with Crippen LogP contribution < -0.4 is 4.74 Å². The van der Waals surface area contributed by atoms with Gasteiger partial charge in [0.2, 0.25) is 17.6 Å². The average Bonchev–Trinajstić information content (AvgIpc) is 3.47. The van der Waals surface area contributed by atoms with Gasteiger partial charge < -0.3 is 19.3 Å². The van der Waals surface area contributed by atoms with Gasteiger partial charge in [0.15, 0.2) is 0 Å². The van der Waals surface area contributed by atoms with Crippen LogP contribution in [0.2, 0.25) is 0 Å². The Morgan fingerprint density at radius 2 is 2.21 bits per heavy atom. The van der Waals surface area contributed by atoms with Crippen LogP contribution in [0.15, 0.2) is 28.8 Å². The Labute approximate surface area is 171 Å². The number of nitrogens with zero attached hydrogens (tertiary/aromatic N) is 3. The molecular weight excluding hydrogens is 370 g/mol. The number of carbonyl (C=O) groups excluding carboxylic acids is 1. The van der Waals surface area contributed by atoms with Crippen LogP contribution in [0.25, 0.3) is 11.4 Å². The molecule has 7 heteroatoms. The summed E-state index contributed by atoms with van der Waals surface area (Å²) in [4.78, 5) is 19.4. The number of fused-ring (bicyclic) bond motifs is 2. The van der Waals surface area contributed by atoms with Gasteiger partial charge in [-0.05, 0) is 44.2 Å². The highest BCUT2D eigenvalue weighted by molar-refractivity contribution is 5.78. The third-order valence-electron chi connectivity index (χ3n) is 6.76. The number of carbonyl (C=O) groups is 1. The number of methoxy groups -OCH3 is 1. The molecule has 3 atom stereocenters. The van der Waals surface area contributed by atoms with Crippen molar-refractivity contribution in [3.05, 3.63) is 30.2 Å². The first-order valence-electron chi connectivity index (χ1n) is 10.5. The topological polar surface area (TPSA) is 88.7 Å². The molecule has 2 aromatic rings. The zero-order valence-electron chi connectivity index (χ0n) is 17.1. The smallest absolute Gasteiger partial charge is 0.226 e. The molecule has 1 aromatic carbocycles. The van der Waals surface area contributed by atoms with Crippen LogP contribution in [0.3, 0.4) is 0 Å². The summed E-state index contributed by atoms with van der Waals surface area (Å²) in [7, 11) is 1.61. The minimum Gasteiger partial charge on any atom is -0.496 e. The average molecular weight is 399 g/mol. The standard InChI is InChI=1S/C22H29N3O4/c1-3-22(14-26)13-15-11-12-18(22)25(15)20(27)10-6-9-19-23-21(24-29-19)16-7-4-5-8-17(16)28-2/h4-5,7-8,15,18,26H,3,6,9-14H2,1-2H3/t15-,18+,22-/m1/s1. The summed E-state index contributed by atoms with van der Waals surface area (Å²) in [5, 5.41) is 14.0. The van der Waals surface area contributed by atoms with Crippen LogP contribution >= 0.6 is 0 Å². The van der Waals surface area contributed by atoms with E-state index in [0.29, 0.717) is 42.8 Å². The summed E-state index contributed by atoms with van der Waals surface area (Å²) in [6, 6.07) is 8.03. The SMILES string of the molecule is CC[C@]1(CO)C[C@H]2CC[C@@H]1N2C(=O)CCCc1nc(-c2ccccc2OC)no1. The fourth-order valence-corrected chi connectivity index (χ4v) is 5.14. The van der Waals surface area contributed by atoms with Gasteiger partial charge in [-0.1, -0.05) is 24.2 Å². The van der Waals surface area contributed by atoms with Crippen molar-refractivity contribution in [2.24, 2.45) is 5.41 Å². The van der Waals surface area contributed by atoms with E-state index in [-0.39, 0.29) is 24.0 Å². The van der Waals surface area contributed by atoms with Gasteiger partial charge in [-0.3, -0.25) is 4.79 Å². The number of rotatable bonds is 8. The Morgan fingerprint density at radius 3 is 2.93 bits per heavy atom. The first kappa shape index (κ1) is 19.9. The molecule has 2 saturated heterocycles. The maximum absolute atomic E-state index is 12.9. The van der Waals surface area contributed by atoms with E-state index in [2.05, 4.69) is 22.0 Å². The molecule has 2 aliphatic heterocycles. The predicted octanol–water partition coefficient (Wildman–Crippen LogP) is 3.22. The van der Waals surface area contributed by atoms with Gasteiger partial charge in [0.25, 0.3) is 0 Å². The largest absolute Gasteiger partial charge is 0.496 e. The normalized spacial score (nSPS) is 25.6. The summed E-state index contributed by atoms with van der Waals surface area (Å²) < 4.78 is 10.7. The van der Waals surface area contributed by atoms with Gasteiger partial charge in [0.1, 0.15) is 5.75 Å². The first-order valence-corrected chi connectivity index (χ1v) is 10.5. The van der Waals surface area contributed by atoms with Crippen LogP contribution in [0.5, 0.6) is 5.75 Å². The molecule has 0 unspecified atom stereocenters. The number of aliphatic hydroxyl groups is 1. The molecule has 0 radical (unpaired) electrons. The fraction of sp³-hybridized carbons (Fsp3) is 0.591. The molecule has 4 rings (SSSR count). The van der Waals surface area contributed by atoms with Crippen molar-refractivity contribution >= 4 is 5.91 Å². The molecule has 0 aliphatic carbocycles. The number of amides is 1. The maximum atomic E-state index is 12.9. The number of aromatic nitrogens is 2. The Bertz CT molecular complexity index is 861. The lowest BCUT2D eigenvalue weighted by Crippen LogP contribution is -2.42. The van der Waals surface area contributed by atoms with Crippen molar-refractivity contribution in [1.82, 2.24) is 15.0 Å². The van der Waals surface area contributed by atoms with Gasteiger partial charge >= 0.3 is 0 Å². The van der Waals surface area contributed by atoms with E-state index >= 15 is 0 Å².